The van der Waals surface area contributed by atoms with E-state index in [0.29, 0.717) is 17.0 Å². The van der Waals surface area contributed by atoms with Crippen LogP contribution in [-0.2, 0) is 7.05 Å². The Kier molecular flexibility index (Phi) is 4.24. The molecule has 0 aliphatic heterocycles. The maximum Gasteiger partial charge on any atom is 0.255 e. The van der Waals surface area contributed by atoms with Gasteiger partial charge in [0.2, 0.25) is 0 Å². The molecule has 104 valence electrons. The second kappa shape index (κ2) is 5.92. The van der Waals surface area contributed by atoms with Crippen molar-refractivity contribution in [3.05, 3.63) is 56.9 Å². The van der Waals surface area contributed by atoms with E-state index in [1.54, 1.807) is 44.6 Å². The van der Waals surface area contributed by atoms with Crippen LogP contribution in [0.2, 0.25) is 0 Å². The number of nitrogens with zero attached hydrogens (tertiary/aromatic N) is 1. The van der Waals surface area contributed by atoms with E-state index in [0.717, 1.165) is 4.47 Å². The molecule has 1 N–H and O–H groups in total. The molecule has 0 bridgehead atoms. The normalized spacial score (nSPS) is 10.2. The van der Waals surface area contributed by atoms with Gasteiger partial charge in [-0.2, -0.15) is 0 Å². The van der Waals surface area contributed by atoms with Crippen LogP contribution in [0.3, 0.4) is 0 Å². The van der Waals surface area contributed by atoms with Gasteiger partial charge in [-0.25, -0.2) is 0 Å². The average Bonchev–Trinajstić information content (AvgIpc) is 2.42. The van der Waals surface area contributed by atoms with Gasteiger partial charge in [0.05, 0.1) is 11.6 Å². The van der Waals surface area contributed by atoms with Crippen LogP contribution >= 0.6 is 15.9 Å². The van der Waals surface area contributed by atoms with Crippen LogP contribution in [0, 0.1) is 0 Å². The van der Waals surface area contributed by atoms with Crippen LogP contribution in [0.25, 0.3) is 0 Å². The zero-order valence-corrected chi connectivity index (χ0v) is 12.6. The molecule has 0 aliphatic rings. The van der Waals surface area contributed by atoms with E-state index in [1.807, 2.05) is 0 Å². The first-order chi connectivity index (χ1) is 9.51. The fourth-order valence-corrected chi connectivity index (χ4v) is 2.18. The Bertz CT molecular complexity index is 710. The summed E-state index contributed by atoms with van der Waals surface area (Å²) in [6, 6.07) is 8.09. The lowest BCUT2D eigenvalue weighted by molar-refractivity contribution is 0.102. The van der Waals surface area contributed by atoms with Gasteiger partial charge in [0, 0.05) is 30.6 Å². The molecule has 0 aliphatic carbocycles. The number of aryl methyl sites for hydroxylation is 1. The number of pyridine rings is 1. The molecule has 0 spiro atoms. The van der Waals surface area contributed by atoms with Crippen LogP contribution in [-0.4, -0.2) is 17.6 Å². The Morgan fingerprint density at radius 1 is 1.30 bits per heavy atom. The van der Waals surface area contributed by atoms with E-state index in [1.165, 1.54) is 10.6 Å². The molecule has 5 nitrogen and oxygen atoms in total. The van der Waals surface area contributed by atoms with Crippen molar-refractivity contribution in [1.82, 2.24) is 4.57 Å². The van der Waals surface area contributed by atoms with Gasteiger partial charge < -0.3 is 14.6 Å². The highest BCUT2D eigenvalue weighted by molar-refractivity contribution is 9.10. The SMILES string of the molecule is COc1ccc(NC(=O)c2ccn(C)c(=O)c2)cc1Br. The van der Waals surface area contributed by atoms with Gasteiger partial charge in [-0.3, -0.25) is 9.59 Å². The number of benzene rings is 1. The topological polar surface area (TPSA) is 60.3 Å². The van der Waals surface area contributed by atoms with Gasteiger partial charge in [0.15, 0.2) is 0 Å². The fourth-order valence-electron chi connectivity index (χ4n) is 1.64. The number of hydrogen-bond acceptors (Lipinski definition) is 3. The first-order valence-electron chi connectivity index (χ1n) is 5.83. The maximum atomic E-state index is 12.0. The Morgan fingerprint density at radius 3 is 2.65 bits per heavy atom. The van der Waals surface area contributed by atoms with Crippen LogP contribution in [0.15, 0.2) is 45.8 Å². The number of rotatable bonds is 3. The maximum absolute atomic E-state index is 12.0. The zero-order chi connectivity index (χ0) is 14.7. The summed E-state index contributed by atoms with van der Waals surface area (Å²) >= 11 is 3.34. The van der Waals surface area contributed by atoms with Gasteiger partial charge in [-0.15, -0.1) is 0 Å². The minimum Gasteiger partial charge on any atom is -0.496 e. The largest absolute Gasteiger partial charge is 0.496 e. The molecular formula is C14H13BrN2O3. The number of halogens is 1. The number of anilines is 1. The molecule has 1 amide bonds. The van der Waals surface area contributed by atoms with Crippen LogP contribution < -0.4 is 15.6 Å². The van der Waals surface area contributed by atoms with Gasteiger partial charge in [-0.1, -0.05) is 0 Å². The summed E-state index contributed by atoms with van der Waals surface area (Å²) in [7, 11) is 3.20. The van der Waals surface area contributed by atoms with Crippen molar-refractivity contribution in [2.75, 3.05) is 12.4 Å². The average molecular weight is 337 g/mol. The Hall–Kier alpha value is -2.08. The van der Waals surface area contributed by atoms with Crippen molar-refractivity contribution in [2.24, 2.45) is 7.05 Å². The van der Waals surface area contributed by atoms with Crippen molar-refractivity contribution >= 4 is 27.5 Å². The molecule has 0 unspecified atom stereocenters. The second-order valence-corrected chi connectivity index (χ2v) is 5.02. The molecule has 2 aromatic rings. The predicted octanol–water partition coefficient (Wildman–Crippen LogP) is 2.41. The molecule has 2 rings (SSSR count). The van der Waals surface area contributed by atoms with E-state index in [2.05, 4.69) is 21.2 Å². The second-order valence-electron chi connectivity index (χ2n) is 4.17. The van der Waals surface area contributed by atoms with Crippen molar-refractivity contribution in [3.8, 4) is 5.75 Å². The van der Waals surface area contributed by atoms with Crippen LogP contribution in [0.1, 0.15) is 10.4 Å². The Labute approximate surface area is 124 Å². The number of methoxy groups -OCH3 is 1. The van der Waals surface area contributed by atoms with Crippen molar-refractivity contribution in [1.29, 1.82) is 0 Å². The van der Waals surface area contributed by atoms with Gasteiger partial charge in [0.25, 0.3) is 11.5 Å². The molecule has 0 fully saturated rings. The molecule has 1 aromatic heterocycles. The molecule has 1 aromatic carbocycles. The van der Waals surface area contributed by atoms with E-state index < -0.39 is 0 Å². The third kappa shape index (κ3) is 3.08. The molecule has 6 heteroatoms. The Balaban J connectivity index is 2.21. The summed E-state index contributed by atoms with van der Waals surface area (Å²) in [5.41, 5.74) is 0.706. The lowest BCUT2D eigenvalue weighted by Gasteiger charge is -2.08. The summed E-state index contributed by atoms with van der Waals surface area (Å²) in [5.74, 6) is 0.344. The highest BCUT2D eigenvalue weighted by atomic mass is 79.9. The number of hydrogen-bond donors (Lipinski definition) is 1. The van der Waals surface area contributed by atoms with E-state index in [9.17, 15) is 9.59 Å². The fraction of sp³-hybridized carbons (Fsp3) is 0.143. The lowest BCUT2D eigenvalue weighted by atomic mass is 10.2. The lowest BCUT2D eigenvalue weighted by Crippen LogP contribution is -2.19. The number of nitrogens with one attached hydrogen (secondary N) is 1. The van der Waals surface area contributed by atoms with E-state index in [4.69, 9.17) is 4.74 Å². The summed E-state index contributed by atoms with van der Waals surface area (Å²) in [5, 5.41) is 2.72. The zero-order valence-electron chi connectivity index (χ0n) is 11.0. The quantitative estimate of drug-likeness (QED) is 0.936. The minimum atomic E-state index is -0.334. The number of carbonyl (C=O) groups excluding carboxylic acids is 1. The van der Waals surface area contributed by atoms with Gasteiger partial charge >= 0.3 is 0 Å². The third-order valence-electron chi connectivity index (χ3n) is 2.78. The van der Waals surface area contributed by atoms with E-state index >= 15 is 0 Å². The summed E-state index contributed by atoms with van der Waals surface area (Å²) in [6.07, 6.45) is 1.56. The summed E-state index contributed by atoms with van der Waals surface area (Å²) < 4.78 is 7.26. The highest BCUT2D eigenvalue weighted by Crippen LogP contribution is 2.27. The van der Waals surface area contributed by atoms with Crippen LogP contribution in [0.5, 0.6) is 5.75 Å². The molecule has 0 atom stereocenters. The Morgan fingerprint density at radius 2 is 2.05 bits per heavy atom. The standard InChI is InChI=1S/C14H13BrN2O3/c1-17-6-5-9(7-13(17)18)14(19)16-10-3-4-12(20-2)11(15)8-10/h3-8H,1-2H3,(H,16,19). The molecule has 1 heterocycles. The first-order valence-corrected chi connectivity index (χ1v) is 6.62. The van der Waals surface area contributed by atoms with Gasteiger partial charge in [-0.05, 0) is 40.2 Å². The molecule has 20 heavy (non-hydrogen) atoms. The number of aromatic nitrogens is 1. The van der Waals surface area contributed by atoms with Crippen molar-refractivity contribution in [2.45, 2.75) is 0 Å². The van der Waals surface area contributed by atoms with Crippen molar-refractivity contribution in [3.63, 3.8) is 0 Å². The monoisotopic (exact) mass is 336 g/mol. The number of carbonyl (C=O) groups is 1. The molecular weight excluding hydrogens is 324 g/mol. The molecule has 0 saturated carbocycles. The van der Waals surface area contributed by atoms with Gasteiger partial charge in [0.1, 0.15) is 5.75 Å². The number of amides is 1. The first kappa shape index (κ1) is 14.3. The minimum absolute atomic E-state index is 0.228. The smallest absolute Gasteiger partial charge is 0.255 e. The van der Waals surface area contributed by atoms with Crippen LogP contribution in [0.4, 0.5) is 5.69 Å². The summed E-state index contributed by atoms with van der Waals surface area (Å²) in [4.78, 5) is 23.5. The highest BCUT2D eigenvalue weighted by Gasteiger charge is 2.08. The summed E-state index contributed by atoms with van der Waals surface area (Å²) in [6.45, 7) is 0. The number of ether oxygens (including phenoxy) is 1. The third-order valence-corrected chi connectivity index (χ3v) is 3.40. The molecule has 0 saturated heterocycles. The predicted molar refractivity (Wildman–Crippen MR) is 80.3 cm³/mol. The molecule has 0 radical (unpaired) electrons. The van der Waals surface area contributed by atoms with Crippen molar-refractivity contribution < 1.29 is 9.53 Å². The van der Waals surface area contributed by atoms with E-state index in [-0.39, 0.29) is 11.5 Å².